The predicted octanol–water partition coefficient (Wildman–Crippen LogP) is 6.35. The fraction of sp³-hybridized carbons (Fsp3) is 0.212. The molecule has 0 bridgehead atoms. The molecule has 5 aromatic rings. The standard InChI is InChI=1S/C33H32N6OS/c1-21-14-17-35-29(19-21)39-22(2)20-26(23(39)3)32-31(28-12-6-7-16-34-28)37-33(41)38(32)18-15-30(40)36-27-13-8-10-24-9-4-5-11-25(24)27/h4-14,16-17,19-20,31-32H,15,18H2,1-3H3,(H,36,40)(H,37,41)/t31-,32-/m1/s1. The van der Waals surface area contributed by atoms with Crippen molar-refractivity contribution in [1.82, 2.24) is 24.8 Å². The molecule has 8 heteroatoms. The third kappa shape index (κ3) is 5.18. The van der Waals surface area contributed by atoms with E-state index in [1.807, 2.05) is 72.9 Å². The van der Waals surface area contributed by atoms with Crippen LogP contribution in [0.5, 0.6) is 0 Å². The fourth-order valence-electron chi connectivity index (χ4n) is 5.84. The van der Waals surface area contributed by atoms with Gasteiger partial charge in [-0.05, 0) is 85.9 Å². The van der Waals surface area contributed by atoms with Gasteiger partial charge in [0.15, 0.2) is 5.11 Å². The maximum atomic E-state index is 13.2. The van der Waals surface area contributed by atoms with Crippen LogP contribution in [-0.2, 0) is 4.79 Å². The van der Waals surface area contributed by atoms with E-state index in [0.717, 1.165) is 50.5 Å². The lowest BCUT2D eigenvalue weighted by atomic mass is 9.96. The van der Waals surface area contributed by atoms with Crippen molar-refractivity contribution in [2.75, 3.05) is 11.9 Å². The number of carbonyl (C=O) groups is 1. The predicted molar refractivity (Wildman–Crippen MR) is 167 cm³/mol. The van der Waals surface area contributed by atoms with Crippen LogP contribution in [0.25, 0.3) is 16.6 Å². The van der Waals surface area contributed by atoms with Crippen molar-refractivity contribution in [3.8, 4) is 5.82 Å². The summed E-state index contributed by atoms with van der Waals surface area (Å²) in [6.45, 7) is 6.75. The van der Waals surface area contributed by atoms with E-state index in [9.17, 15) is 4.79 Å². The molecule has 6 rings (SSSR count). The Labute approximate surface area is 245 Å². The number of anilines is 1. The molecule has 1 aliphatic rings. The molecule has 2 aromatic carbocycles. The van der Waals surface area contributed by atoms with Gasteiger partial charge in [-0.15, -0.1) is 0 Å². The molecule has 1 saturated heterocycles. The Bertz CT molecular complexity index is 1740. The van der Waals surface area contributed by atoms with Crippen molar-refractivity contribution >= 4 is 39.7 Å². The molecule has 1 aliphatic heterocycles. The second-order valence-corrected chi connectivity index (χ2v) is 10.9. The number of rotatable bonds is 7. The summed E-state index contributed by atoms with van der Waals surface area (Å²) in [5.74, 6) is 0.828. The van der Waals surface area contributed by atoms with Gasteiger partial charge in [-0.25, -0.2) is 4.98 Å². The zero-order valence-electron chi connectivity index (χ0n) is 23.3. The number of thiocarbonyl (C=S) groups is 1. The van der Waals surface area contributed by atoms with Crippen LogP contribution >= 0.6 is 12.2 Å². The number of nitrogens with zero attached hydrogens (tertiary/aromatic N) is 4. The first-order valence-electron chi connectivity index (χ1n) is 13.8. The minimum absolute atomic E-state index is 0.0568. The van der Waals surface area contributed by atoms with Crippen molar-refractivity contribution in [2.24, 2.45) is 0 Å². The van der Waals surface area contributed by atoms with E-state index in [1.54, 1.807) is 6.20 Å². The highest BCUT2D eigenvalue weighted by Gasteiger charge is 2.41. The first-order chi connectivity index (χ1) is 19.9. The number of pyridine rings is 2. The topological polar surface area (TPSA) is 75.1 Å². The number of benzene rings is 2. The summed E-state index contributed by atoms with van der Waals surface area (Å²) in [6.07, 6.45) is 3.93. The van der Waals surface area contributed by atoms with Gasteiger partial charge < -0.3 is 20.1 Å². The van der Waals surface area contributed by atoms with Gasteiger partial charge in [0, 0.05) is 47.8 Å². The van der Waals surface area contributed by atoms with E-state index in [4.69, 9.17) is 12.2 Å². The van der Waals surface area contributed by atoms with Gasteiger partial charge in [0.25, 0.3) is 0 Å². The molecule has 0 saturated carbocycles. The summed E-state index contributed by atoms with van der Waals surface area (Å²) in [6, 6.07) is 25.9. The molecule has 7 nitrogen and oxygen atoms in total. The van der Waals surface area contributed by atoms with Gasteiger partial charge in [-0.2, -0.15) is 0 Å². The first-order valence-corrected chi connectivity index (χ1v) is 14.2. The van der Waals surface area contributed by atoms with Crippen molar-refractivity contribution in [3.05, 3.63) is 119 Å². The number of carbonyl (C=O) groups excluding carboxylic acids is 1. The van der Waals surface area contributed by atoms with Crippen LogP contribution in [0.4, 0.5) is 5.69 Å². The van der Waals surface area contributed by atoms with Crippen LogP contribution in [0.3, 0.4) is 0 Å². The molecule has 3 aromatic heterocycles. The lowest BCUT2D eigenvalue weighted by Crippen LogP contribution is -2.33. The number of hydrogen-bond donors (Lipinski definition) is 2. The normalized spacial score (nSPS) is 16.7. The number of aromatic nitrogens is 3. The van der Waals surface area contributed by atoms with Crippen molar-refractivity contribution in [3.63, 3.8) is 0 Å². The summed E-state index contributed by atoms with van der Waals surface area (Å²) in [5, 5.41) is 9.35. The maximum Gasteiger partial charge on any atom is 0.226 e. The molecule has 1 amide bonds. The van der Waals surface area contributed by atoms with E-state index in [-0.39, 0.29) is 24.4 Å². The number of fused-ring (bicyclic) bond motifs is 1. The van der Waals surface area contributed by atoms with E-state index in [2.05, 4.69) is 63.0 Å². The molecule has 1 fully saturated rings. The second kappa shape index (κ2) is 11.1. The van der Waals surface area contributed by atoms with Crippen LogP contribution in [0.2, 0.25) is 0 Å². The van der Waals surface area contributed by atoms with Crippen molar-refractivity contribution < 1.29 is 4.79 Å². The van der Waals surface area contributed by atoms with Crippen LogP contribution < -0.4 is 10.6 Å². The van der Waals surface area contributed by atoms with Gasteiger partial charge in [0.2, 0.25) is 5.91 Å². The Morgan fingerprint density at radius 2 is 1.76 bits per heavy atom. The number of nitrogens with one attached hydrogen (secondary N) is 2. The first kappa shape index (κ1) is 26.7. The highest BCUT2D eigenvalue weighted by Crippen LogP contribution is 2.41. The van der Waals surface area contributed by atoms with Crippen LogP contribution in [0, 0.1) is 20.8 Å². The number of amides is 1. The Morgan fingerprint density at radius 1 is 0.951 bits per heavy atom. The largest absolute Gasteiger partial charge is 0.352 e. The monoisotopic (exact) mass is 560 g/mol. The van der Waals surface area contributed by atoms with Crippen LogP contribution in [-0.4, -0.2) is 37.0 Å². The molecule has 0 unspecified atom stereocenters. The zero-order valence-corrected chi connectivity index (χ0v) is 24.2. The third-order valence-electron chi connectivity index (χ3n) is 7.76. The highest BCUT2D eigenvalue weighted by atomic mass is 32.1. The quantitative estimate of drug-likeness (QED) is 0.226. The van der Waals surface area contributed by atoms with Crippen molar-refractivity contribution in [1.29, 1.82) is 0 Å². The summed E-state index contributed by atoms with van der Waals surface area (Å²) >= 11 is 5.87. The van der Waals surface area contributed by atoms with Gasteiger partial charge in [-0.1, -0.05) is 42.5 Å². The zero-order chi connectivity index (χ0) is 28.5. The summed E-state index contributed by atoms with van der Waals surface area (Å²) in [7, 11) is 0. The number of hydrogen-bond acceptors (Lipinski definition) is 4. The molecule has 0 aliphatic carbocycles. The van der Waals surface area contributed by atoms with Gasteiger partial charge in [0.05, 0.1) is 17.8 Å². The molecule has 41 heavy (non-hydrogen) atoms. The Morgan fingerprint density at radius 3 is 2.56 bits per heavy atom. The van der Waals surface area contributed by atoms with E-state index >= 15 is 0 Å². The van der Waals surface area contributed by atoms with E-state index in [1.165, 1.54) is 0 Å². The maximum absolute atomic E-state index is 13.2. The van der Waals surface area contributed by atoms with Gasteiger partial charge >= 0.3 is 0 Å². The molecular weight excluding hydrogens is 528 g/mol. The molecule has 2 atom stereocenters. The van der Waals surface area contributed by atoms with Crippen LogP contribution in [0.15, 0.2) is 91.3 Å². The molecule has 0 radical (unpaired) electrons. The van der Waals surface area contributed by atoms with E-state index in [0.29, 0.717) is 11.7 Å². The average molecular weight is 561 g/mol. The fourth-order valence-corrected chi connectivity index (χ4v) is 6.17. The Hall–Kier alpha value is -4.56. The molecule has 4 heterocycles. The third-order valence-corrected chi connectivity index (χ3v) is 8.11. The van der Waals surface area contributed by atoms with Gasteiger partial charge in [-0.3, -0.25) is 9.78 Å². The average Bonchev–Trinajstić information content (AvgIpc) is 3.46. The van der Waals surface area contributed by atoms with E-state index < -0.39 is 0 Å². The minimum atomic E-state index is -0.163. The Balaban J connectivity index is 1.31. The Kier molecular flexibility index (Phi) is 7.24. The van der Waals surface area contributed by atoms with Crippen LogP contribution in [0.1, 0.15) is 46.7 Å². The lowest BCUT2D eigenvalue weighted by molar-refractivity contribution is -0.116. The van der Waals surface area contributed by atoms with Gasteiger partial charge in [0.1, 0.15) is 5.82 Å². The molecule has 2 N–H and O–H groups in total. The SMILES string of the molecule is Cc1ccnc(-n2c(C)cc([C@@H]3[C@@H](c4ccccn4)NC(=S)N3CCC(=O)Nc3cccc4ccccc34)c2C)c1. The summed E-state index contributed by atoms with van der Waals surface area (Å²) in [4.78, 5) is 24.7. The minimum Gasteiger partial charge on any atom is -0.352 e. The summed E-state index contributed by atoms with van der Waals surface area (Å²) in [5.41, 5.74) is 6.17. The molecule has 206 valence electrons. The van der Waals surface area contributed by atoms with Crippen molar-refractivity contribution in [2.45, 2.75) is 39.3 Å². The summed E-state index contributed by atoms with van der Waals surface area (Å²) < 4.78 is 2.19. The number of aryl methyl sites for hydroxylation is 2. The lowest BCUT2D eigenvalue weighted by Gasteiger charge is -2.28. The highest BCUT2D eigenvalue weighted by molar-refractivity contribution is 7.80. The smallest absolute Gasteiger partial charge is 0.226 e. The molecular formula is C33H32N6OS. The second-order valence-electron chi connectivity index (χ2n) is 10.5. The molecule has 0 spiro atoms.